The minimum atomic E-state index is -0.482. The van der Waals surface area contributed by atoms with E-state index in [-0.39, 0.29) is 38.1 Å². The van der Waals surface area contributed by atoms with Crippen LogP contribution in [-0.2, 0) is 18.4 Å². The maximum absolute atomic E-state index is 13.5. The van der Waals surface area contributed by atoms with Crippen LogP contribution in [0, 0.1) is 0 Å². The van der Waals surface area contributed by atoms with E-state index in [4.69, 9.17) is 19.6 Å². The number of fused-ring (bicyclic) bond motifs is 3. The van der Waals surface area contributed by atoms with Crippen LogP contribution in [0.2, 0.25) is 0 Å². The summed E-state index contributed by atoms with van der Waals surface area (Å²) in [6, 6.07) is 17.8. The van der Waals surface area contributed by atoms with E-state index in [1.807, 2.05) is 55.1 Å². The first kappa shape index (κ1) is 30.2. The summed E-state index contributed by atoms with van der Waals surface area (Å²) in [5.41, 5.74) is 1.85. The molecule has 1 aliphatic rings. The molecule has 0 saturated heterocycles. The highest BCUT2D eigenvalue weighted by Gasteiger charge is 2.22. The number of aromatic nitrogens is 7. The fraction of sp³-hybridized carbons (Fsp3) is 0.281. The number of ether oxygens (including phenoxy) is 2. The molecular formula is C32H34N10O4. The van der Waals surface area contributed by atoms with Crippen molar-refractivity contribution in [3.8, 4) is 34.4 Å². The van der Waals surface area contributed by atoms with Crippen LogP contribution in [0.25, 0.3) is 22.9 Å². The van der Waals surface area contributed by atoms with Crippen LogP contribution in [0.4, 0.5) is 5.82 Å². The quantitative estimate of drug-likeness (QED) is 0.306. The number of nitrogens with zero attached hydrogens (tertiary/aromatic N) is 8. The molecule has 3 aromatic heterocycles. The Morgan fingerprint density at radius 1 is 1.00 bits per heavy atom. The maximum Gasteiger partial charge on any atom is 0.251 e. The first-order valence-electron chi connectivity index (χ1n) is 14.8. The third-order valence-electron chi connectivity index (χ3n) is 7.51. The molecule has 0 radical (unpaired) electrons. The van der Waals surface area contributed by atoms with Crippen molar-refractivity contribution in [3.05, 3.63) is 84.4 Å². The number of hydrogen-bond donors (Lipinski definition) is 2. The van der Waals surface area contributed by atoms with Gasteiger partial charge in [-0.25, -0.2) is 14.6 Å². The van der Waals surface area contributed by atoms with Crippen molar-refractivity contribution in [1.29, 1.82) is 0 Å². The van der Waals surface area contributed by atoms with Crippen molar-refractivity contribution in [1.82, 2.24) is 45.1 Å². The van der Waals surface area contributed by atoms with Gasteiger partial charge in [-0.1, -0.05) is 30.3 Å². The molecule has 4 heterocycles. The number of carbonyl (C=O) groups is 2. The Bertz CT molecular complexity index is 1820. The van der Waals surface area contributed by atoms with Gasteiger partial charge in [0, 0.05) is 43.7 Å². The van der Waals surface area contributed by atoms with Crippen molar-refractivity contribution in [3.63, 3.8) is 0 Å². The number of nitrogens with one attached hydrogen (secondary N) is 2. The summed E-state index contributed by atoms with van der Waals surface area (Å²) in [6.45, 7) is 2.90. The fourth-order valence-corrected chi connectivity index (χ4v) is 5.15. The monoisotopic (exact) mass is 622 g/mol. The van der Waals surface area contributed by atoms with Gasteiger partial charge in [0.1, 0.15) is 18.1 Å². The Labute approximate surface area is 265 Å². The summed E-state index contributed by atoms with van der Waals surface area (Å²) in [7, 11) is 3.42. The number of imidazole rings is 1. The molecule has 5 aromatic rings. The highest BCUT2D eigenvalue weighted by molar-refractivity contribution is 5.95. The third kappa shape index (κ3) is 6.65. The number of carbonyl (C=O) groups excluding carboxylic acids is 2. The molecule has 2 bridgehead atoms. The van der Waals surface area contributed by atoms with Crippen LogP contribution in [0.3, 0.4) is 0 Å². The van der Waals surface area contributed by atoms with Gasteiger partial charge in [0.25, 0.3) is 5.91 Å². The van der Waals surface area contributed by atoms with Gasteiger partial charge in [-0.3, -0.25) is 9.59 Å². The average molecular weight is 623 g/mol. The van der Waals surface area contributed by atoms with Crippen molar-refractivity contribution < 1.29 is 19.1 Å². The second kappa shape index (κ2) is 13.5. The Morgan fingerprint density at radius 3 is 2.59 bits per heavy atom. The first-order chi connectivity index (χ1) is 22.4. The van der Waals surface area contributed by atoms with Gasteiger partial charge in [0.05, 0.1) is 26.2 Å². The van der Waals surface area contributed by atoms with Crippen LogP contribution >= 0.6 is 0 Å². The van der Waals surface area contributed by atoms with Crippen molar-refractivity contribution >= 4 is 17.6 Å². The second-order valence-electron chi connectivity index (χ2n) is 10.7. The fourth-order valence-electron chi connectivity index (χ4n) is 5.15. The molecule has 0 spiro atoms. The lowest BCUT2D eigenvalue weighted by molar-refractivity contribution is -0.120. The van der Waals surface area contributed by atoms with E-state index in [1.165, 1.54) is 0 Å². The minimum Gasteiger partial charge on any atom is -0.493 e. The third-order valence-corrected chi connectivity index (χ3v) is 7.51. The number of rotatable bonds is 4. The summed E-state index contributed by atoms with van der Waals surface area (Å²) in [4.78, 5) is 37.5. The first-order valence-corrected chi connectivity index (χ1v) is 14.8. The lowest BCUT2D eigenvalue weighted by atomic mass is 10.2. The minimum absolute atomic E-state index is 0.0356. The number of aryl methyl sites for hydroxylation is 1. The largest absolute Gasteiger partial charge is 0.493 e. The molecule has 0 saturated carbocycles. The molecule has 0 fully saturated rings. The van der Waals surface area contributed by atoms with E-state index in [2.05, 4.69) is 25.8 Å². The van der Waals surface area contributed by atoms with E-state index in [0.717, 1.165) is 5.56 Å². The SMILES string of the molecule is COc1ccc2cc1OCCn1nc(-c3ccccc3)nc1[C@@H](C)NC(=O)CN(c1ccc(-c3nccn3C)nn1)CCNC2=O. The van der Waals surface area contributed by atoms with Crippen LogP contribution in [-0.4, -0.2) is 79.7 Å². The zero-order valence-electron chi connectivity index (χ0n) is 25.8. The molecule has 14 heteroatoms. The van der Waals surface area contributed by atoms with Gasteiger partial charge in [-0.15, -0.1) is 10.2 Å². The van der Waals surface area contributed by atoms with Crippen molar-refractivity contribution in [2.45, 2.75) is 19.5 Å². The van der Waals surface area contributed by atoms with E-state index >= 15 is 0 Å². The van der Waals surface area contributed by atoms with Gasteiger partial charge >= 0.3 is 0 Å². The normalized spacial score (nSPS) is 16.1. The van der Waals surface area contributed by atoms with Crippen molar-refractivity contribution in [2.75, 3.05) is 38.3 Å². The smallest absolute Gasteiger partial charge is 0.251 e. The number of anilines is 1. The molecule has 236 valence electrons. The van der Waals surface area contributed by atoms with E-state index in [9.17, 15) is 9.59 Å². The molecule has 0 aliphatic carbocycles. The molecule has 1 aliphatic heterocycles. The molecule has 0 unspecified atom stereocenters. The van der Waals surface area contributed by atoms with Gasteiger partial charge in [0.2, 0.25) is 5.91 Å². The lowest BCUT2D eigenvalue weighted by Gasteiger charge is -2.24. The Balaban J connectivity index is 1.31. The summed E-state index contributed by atoms with van der Waals surface area (Å²) in [5, 5.41) is 19.5. The lowest BCUT2D eigenvalue weighted by Crippen LogP contribution is -2.42. The summed E-state index contributed by atoms with van der Waals surface area (Å²) < 4.78 is 15.1. The molecule has 1 atom stereocenters. The van der Waals surface area contributed by atoms with E-state index in [0.29, 0.717) is 52.6 Å². The van der Waals surface area contributed by atoms with Crippen LogP contribution in [0.15, 0.2) is 73.1 Å². The molecule has 46 heavy (non-hydrogen) atoms. The molecule has 2 aromatic carbocycles. The predicted octanol–water partition coefficient (Wildman–Crippen LogP) is 2.65. The Kier molecular flexibility index (Phi) is 8.85. The Morgan fingerprint density at radius 2 is 1.85 bits per heavy atom. The molecule has 14 nitrogen and oxygen atoms in total. The van der Waals surface area contributed by atoms with Crippen LogP contribution in [0.1, 0.15) is 29.1 Å². The summed E-state index contributed by atoms with van der Waals surface area (Å²) in [6.07, 6.45) is 3.52. The number of amides is 2. The van der Waals surface area contributed by atoms with E-state index in [1.54, 1.807) is 53.2 Å². The zero-order chi connectivity index (χ0) is 32.0. The molecule has 6 rings (SSSR count). The second-order valence-corrected chi connectivity index (χ2v) is 10.7. The highest BCUT2D eigenvalue weighted by atomic mass is 16.5. The number of hydrogen-bond acceptors (Lipinski definition) is 10. The number of methoxy groups -OCH3 is 1. The maximum atomic E-state index is 13.5. The summed E-state index contributed by atoms with van der Waals surface area (Å²) >= 11 is 0. The van der Waals surface area contributed by atoms with E-state index < -0.39 is 6.04 Å². The molecule has 2 N–H and O–H groups in total. The predicted molar refractivity (Wildman–Crippen MR) is 169 cm³/mol. The van der Waals surface area contributed by atoms with Gasteiger partial charge < -0.3 is 29.6 Å². The molecule has 2 amide bonds. The Hall–Kier alpha value is -5.79. The average Bonchev–Trinajstić information content (AvgIpc) is 3.70. The topological polar surface area (TPSA) is 154 Å². The number of benzene rings is 2. The standard InChI is InChI=1S/C32H34N10O4/c1-21-30-36-29(22-7-5-4-6-8-22)39-42(30)17-18-46-26-19-23(9-11-25(26)45-3)32(44)34-14-16-41(20-28(43)35-21)27-12-10-24(37-38-27)31-33-13-15-40(31)2/h4-13,15,19,21H,14,16-18,20H2,1-3H3,(H,34,44)(H,35,43)/t21-/m1/s1. The van der Waals surface area contributed by atoms with Gasteiger partial charge in [0.15, 0.2) is 29.0 Å². The van der Waals surface area contributed by atoms with Gasteiger partial charge in [-0.05, 0) is 37.3 Å². The zero-order valence-corrected chi connectivity index (χ0v) is 25.8. The molecular weight excluding hydrogens is 588 g/mol. The van der Waals surface area contributed by atoms with Crippen LogP contribution < -0.4 is 25.0 Å². The highest BCUT2D eigenvalue weighted by Crippen LogP contribution is 2.28. The summed E-state index contributed by atoms with van der Waals surface area (Å²) in [5.74, 6) is 2.62. The van der Waals surface area contributed by atoms with Crippen molar-refractivity contribution in [2.24, 2.45) is 7.05 Å². The van der Waals surface area contributed by atoms with Crippen LogP contribution in [0.5, 0.6) is 11.5 Å². The van der Waals surface area contributed by atoms with Gasteiger partial charge in [-0.2, -0.15) is 5.10 Å².